The van der Waals surface area contributed by atoms with Crippen LogP contribution >= 0.6 is 0 Å². The maximum atomic E-state index is 13.8. The number of hydrogen-bond acceptors (Lipinski definition) is 5. The average Bonchev–Trinajstić information content (AvgIpc) is 2.47. The number of ether oxygens (including phenoxy) is 1. The lowest BCUT2D eigenvalue weighted by atomic mass is 10.3. The van der Waals surface area contributed by atoms with Gasteiger partial charge in [0.1, 0.15) is 5.75 Å². The molecule has 0 saturated heterocycles. The van der Waals surface area contributed by atoms with Gasteiger partial charge in [-0.15, -0.1) is 0 Å². The Balaban J connectivity index is 2.39. The van der Waals surface area contributed by atoms with E-state index < -0.39 is 5.82 Å². The van der Waals surface area contributed by atoms with Gasteiger partial charge in [-0.1, -0.05) is 6.07 Å². The number of benzene rings is 1. The van der Waals surface area contributed by atoms with Crippen LogP contribution in [-0.4, -0.2) is 31.2 Å². The van der Waals surface area contributed by atoms with Crippen LogP contribution in [0.1, 0.15) is 0 Å². The molecule has 0 atom stereocenters. The highest BCUT2D eigenvalue weighted by Gasteiger charge is 2.13. The van der Waals surface area contributed by atoms with Gasteiger partial charge in [0, 0.05) is 25.8 Å². The molecule has 1 aromatic carbocycles. The number of nitrogens with zero attached hydrogens (tertiary/aromatic N) is 3. The Hall–Kier alpha value is -2.37. The molecule has 0 aliphatic heterocycles. The predicted molar refractivity (Wildman–Crippen MR) is 72.6 cm³/mol. The Morgan fingerprint density at radius 2 is 2.16 bits per heavy atom. The number of methoxy groups -OCH3 is 1. The minimum Gasteiger partial charge on any atom is -0.497 e. The van der Waals surface area contributed by atoms with Crippen LogP contribution in [0.5, 0.6) is 5.75 Å². The Bertz CT molecular complexity index is 576. The highest BCUT2D eigenvalue weighted by molar-refractivity contribution is 5.62. The van der Waals surface area contributed by atoms with Crippen LogP contribution in [-0.2, 0) is 0 Å². The van der Waals surface area contributed by atoms with Crippen molar-refractivity contribution in [2.24, 2.45) is 0 Å². The van der Waals surface area contributed by atoms with Crippen LogP contribution in [0, 0.1) is 5.82 Å². The molecule has 0 radical (unpaired) electrons. The number of aromatic nitrogens is 2. The van der Waals surface area contributed by atoms with Gasteiger partial charge in [-0.3, -0.25) is 0 Å². The number of hydrogen-bond donors (Lipinski definition) is 1. The highest BCUT2D eigenvalue weighted by Crippen LogP contribution is 2.27. The van der Waals surface area contributed by atoms with Gasteiger partial charge >= 0.3 is 0 Å². The minimum atomic E-state index is -0.482. The number of halogens is 1. The predicted octanol–water partition coefficient (Wildman–Crippen LogP) is 2.43. The van der Waals surface area contributed by atoms with E-state index in [1.54, 1.807) is 32.2 Å². The van der Waals surface area contributed by atoms with Crippen LogP contribution < -0.4 is 15.0 Å². The molecule has 1 heterocycles. The van der Waals surface area contributed by atoms with Crippen molar-refractivity contribution in [1.82, 2.24) is 9.97 Å². The highest BCUT2D eigenvalue weighted by atomic mass is 19.1. The fourth-order valence-corrected chi connectivity index (χ4v) is 1.66. The van der Waals surface area contributed by atoms with Gasteiger partial charge in [0.2, 0.25) is 5.95 Å². The summed E-state index contributed by atoms with van der Waals surface area (Å²) in [5.41, 5.74) is 0.777. The summed E-state index contributed by atoms with van der Waals surface area (Å²) >= 11 is 0. The minimum absolute atomic E-state index is 0.201. The van der Waals surface area contributed by atoms with Crippen LogP contribution in [0.25, 0.3) is 0 Å². The molecule has 2 rings (SSSR count). The zero-order valence-electron chi connectivity index (χ0n) is 11.0. The van der Waals surface area contributed by atoms with E-state index in [4.69, 9.17) is 4.74 Å². The summed E-state index contributed by atoms with van der Waals surface area (Å²) in [6, 6.07) is 7.32. The van der Waals surface area contributed by atoms with E-state index in [1.807, 2.05) is 18.2 Å². The summed E-state index contributed by atoms with van der Waals surface area (Å²) < 4.78 is 18.9. The Morgan fingerprint density at radius 1 is 1.37 bits per heavy atom. The topological polar surface area (TPSA) is 50.3 Å². The maximum Gasteiger partial charge on any atom is 0.224 e. The summed E-state index contributed by atoms with van der Waals surface area (Å²) in [5.74, 6) is 0.788. The smallest absolute Gasteiger partial charge is 0.224 e. The van der Waals surface area contributed by atoms with E-state index in [9.17, 15) is 4.39 Å². The molecule has 6 heteroatoms. The molecule has 0 unspecified atom stereocenters. The van der Waals surface area contributed by atoms with Crippen molar-refractivity contribution in [2.75, 3.05) is 31.4 Å². The molecule has 0 aliphatic rings. The zero-order chi connectivity index (χ0) is 13.8. The normalized spacial score (nSPS) is 10.1. The first-order chi connectivity index (χ1) is 9.15. The van der Waals surface area contributed by atoms with E-state index in [0.717, 1.165) is 11.9 Å². The average molecular weight is 262 g/mol. The molecular formula is C13H15FN4O. The lowest BCUT2D eigenvalue weighted by Gasteiger charge is -2.19. The molecule has 100 valence electrons. The first-order valence-electron chi connectivity index (χ1n) is 5.73. The van der Waals surface area contributed by atoms with Crippen molar-refractivity contribution in [3.05, 3.63) is 36.3 Å². The summed E-state index contributed by atoms with van der Waals surface area (Å²) in [6.07, 6.45) is 1.14. The van der Waals surface area contributed by atoms with Crippen molar-refractivity contribution in [3.8, 4) is 5.75 Å². The van der Waals surface area contributed by atoms with Gasteiger partial charge in [-0.25, -0.2) is 9.37 Å². The van der Waals surface area contributed by atoms with Crippen molar-refractivity contribution in [3.63, 3.8) is 0 Å². The molecule has 2 aromatic rings. The summed E-state index contributed by atoms with van der Waals surface area (Å²) in [6.45, 7) is 0. The fourth-order valence-electron chi connectivity index (χ4n) is 1.66. The van der Waals surface area contributed by atoms with Crippen molar-refractivity contribution >= 4 is 17.5 Å². The molecule has 0 spiro atoms. The van der Waals surface area contributed by atoms with E-state index in [-0.39, 0.29) is 5.82 Å². The van der Waals surface area contributed by atoms with Gasteiger partial charge in [0.05, 0.1) is 13.3 Å². The Labute approximate surface area is 111 Å². The first-order valence-corrected chi connectivity index (χ1v) is 5.73. The molecule has 0 aliphatic carbocycles. The number of anilines is 3. The van der Waals surface area contributed by atoms with Gasteiger partial charge in [-0.05, 0) is 12.1 Å². The van der Waals surface area contributed by atoms with Crippen molar-refractivity contribution < 1.29 is 9.13 Å². The van der Waals surface area contributed by atoms with Gasteiger partial charge in [0.25, 0.3) is 0 Å². The molecule has 19 heavy (non-hydrogen) atoms. The molecular weight excluding hydrogens is 247 g/mol. The van der Waals surface area contributed by atoms with Crippen LogP contribution in [0.2, 0.25) is 0 Å². The lowest BCUT2D eigenvalue weighted by Crippen LogP contribution is -2.14. The second kappa shape index (κ2) is 5.51. The number of nitrogens with one attached hydrogen (secondary N) is 1. The third-order valence-electron chi connectivity index (χ3n) is 2.71. The molecule has 1 aromatic heterocycles. The Morgan fingerprint density at radius 3 is 2.84 bits per heavy atom. The van der Waals surface area contributed by atoms with Crippen LogP contribution in [0.4, 0.5) is 21.8 Å². The van der Waals surface area contributed by atoms with Crippen LogP contribution in [0.3, 0.4) is 0 Å². The summed E-state index contributed by atoms with van der Waals surface area (Å²) in [4.78, 5) is 9.57. The van der Waals surface area contributed by atoms with Gasteiger partial charge in [0.15, 0.2) is 11.6 Å². The van der Waals surface area contributed by atoms with Crippen LogP contribution in [0.15, 0.2) is 30.5 Å². The SMILES string of the molecule is CNc1ncc(F)c(N(C)c2cccc(OC)c2)n1. The second-order valence-electron chi connectivity index (χ2n) is 3.88. The van der Waals surface area contributed by atoms with Crippen molar-refractivity contribution in [2.45, 2.75) is 0 Å². The second-order valence-corrected chi connectivity index (χ2v) is 3.88. The third kappa shape index (κ3) is 2.73. The molecule has 0 saturated carbocycles. The van der Waals surface area contributed by atoms with E-state index >= 15 is 0 Å². The summed E-state index contributed by atoms with van der Waals surface area (Å²) in [5, 5.41) is 2.78. The fraction of sp³-hybridized carbons (Fsp3) is 0.231. The van der Waals surface area contributed by atoms with E-state index in [2.05, 4.69) is 15.3 Å². The quantitative estimate of drug-likeness (QED) is 0.917. The van der Waals surface area contributed by atoms with E-state index in [1.165, 1.54) is 0 Å². The molecule has 0 amide bonds. The first kappa shape index (κ1) is 13.1. The monoisotopic (exact) mass is 262 g/mol. The molecule has 1 N–H and O–H groups in total. The largest absolute Gasteiger partial charge is 0.497 e. The molecule has 0 bridgehead atoms. The summed E-state index contributed by atoms with van der Waals surface area (Å²) in [7, 11) is 5.01. The van der Waals surface area contributed by atoms with Crippen molar-refractivity contribution in [1.29, 1.82) is 0 Å². The standard InChI is InChI=1S/C13H15FN4O/c1-15-13-16-8-11(14)12(17-13)18(2)9-5-4-6-10(7-9)19-3/h4-8H,1-3H3,(H,15,16,17). The van der Waals surface area contributed by atoms with Gasteiger partial charge in [-0.2, -0.15) is 4.98 Å². The maximum absolute atomic E-state index is 13.8. The van der Waals surface area contributed by atoms with Gasteiger partial charge < -0.3 is 15.0 Å². The lowest BCUT2D eigenvalue weighted by molar-refractivity contribution is 0.415. The van der Waals surface area contributed by atoms with E-state index in [0.29, 0.717) is 11.7 Å². The molecule has 5 nitrogen and oxygen atoms in total. The Kier molecular flexibility index (Phi) is 3.79. The molecule has 0 fully saturated rings. The number of rotatable bonds is 4. The third-order valence-corrected chi connectivity index (χ3v) is 2.71. The zero-order valence-corrected chi connectivity index (χ0v) is 11.0.